The monoisotopic (exact) mass is 399 g/mol. The number of anilines is 1. The zero-order valence-electron chi connectivity index (χ0n) is 13.9. The number of nitrogens with one attached hydrogen (secondary N) is 3. The van der Waals surface area contributed by atoms with E-state index in [1.165, 1.54) is 0 Å². The molecule has 0 unspecified atom stereocenters. The number of carbonyl (C=O) groups is 2. The number of rotatable bonds is 3. The van der Waals surface area contributed by atoms with Crippen molar-refractivity contribution >= 4 is 33.6 Å². The lowest BCUT2D eigenvalue weighted by atomic mass is 9.94. The summed E-state index contributed by atoms with van der Waals surface area (Å²) in [6.07, 6.45) is 0. The van der Waals surface area contributed by atoms with E-state index in [9.17, 15) is 9.59 Å². The molecule has 128 valence electrons. The Balaban J connectivity index is 1.99. The van der Waals surface area contributed by atoms with E-state index < -0.39 is 6.04 Å². The molecular formula is C19H18BrN3O2. The molecule has 25 heavy (non-hydrogen) atoms. The van der Waals surface area contributed by atoms with Gasteiger partial charge in [0.05, 0.1) is 11.6 Å². The fourth-order valence-corrected chi connectivity index (χ4v) is 3.35. The van der Waals surface area contributed by atoms with Gasteiger partial charge in [-0.3, -0.25) is 4.79 Å². The number of para-hydroxylation sites is 1. The van der Waals surface area contributed by atoms with Crippen LogP contribution in [0.4, 0.5) is 10.5 Å². The van der Waals surface area contributed by atoms with Gasteiger partial charge in [-0.05, 0) is 37.1 Å². The summed E-state index contributed by atoms with van der Waals surface area (Å²) < 4.78 is 0.830. The van der Waals surface area contributed by atoms with Crippen molar-refractivity contribution in [2.45, 2.75) is 19.9 Å². The maximum Gasteiger partial charge on any atom is 0.319 e. The zero-order chi connectivity index (χ0) is 18.0. The second-order valence-corrected chi connectivity index (χ2v) is 6.72. The Morgan fingerprint density at radius 2 is 1.76 bits per heavy atom. The van der Waals surface area contributed by atoms with E-state index in [2.05, 4.69) is 31.9 Å². The second-order valence-electron chi connectivity index (χ2n) is 5.86. The normalized spacial score (nSPS) is 16.9. The van der Waals surface area contributed by atoms with Gasteiger partial charge in [-0.25, -0.2) is 4.79 Å². The number of hydrogen-bond donors (Lipinski definition) is 3. The molecule has 1 heterocycles. The van der Waals surface area contributed by atoms with Gasteiger partial charge < -0.3 is 16.0 Å². The molecule has 0 saturated heterocycles. The Kier molecular flexibility index (Phi) is 4.90. The van der Waals surface area contributed by atoms with E-state index in [4.69, 9.17) is 0 Å². The van der Waals surface area contributed by atoms with E-state index in [1.54, 1.807) is 6.92 Å². The maximum absolute atomic E-state index is 13.0. The van der Waals surface area contributed by atoms with Gasteiger partial charge in [0.2, 0.25) is 0 Å². The molecular weight excluding hydrogens is 382 g/mol. The van der Waals surface area contributed by atoms with Gasteiger partial charge in [-0.2, -0.15) is 0 Å². The summed E-state index contributed by atoms with van der Waals surface area (Å²) in [6.45, 7) is 3.67. The Bertz CT molecular complexity index is 876. The lowest BCUT2D eigenvalue weighted by Crippen LogP contribution is -2.46. The van der Waals surface area contributed by atoms with E-state index in [0.29, 0.717) is 11.3 Å². The number of urea groups is 1. The third kappa shape index (κ3) is 3.58. The molecule has 0 radical (unpaired) electrons. The van der Waals surface area contributed by atoms with Crippen LogP contribution in [0.5, 0.6) is 0 Å². The van der Waals surface area contributed by atoms with Gasteiger partial charge in [0.25, 0.3) is 5.91 Å². The van der Waals surface area contributed by atoms with Crippen LogP contribution in [0.15, 0.2) is 64.3 Å². The van der Waals surface area contributed by atoms with Crippen LogP contribution >= 0.6 is 15.9 Å². The summed E-state index contributed by atoms with van der Waals surface area (Å²) in [7, 11) is 0. The molecule has 0 aliphatic carbocycles. The Hall–Kier alpha value is -2.60. The molecule has 0 aromatic heterocycles. The van der Waals surface area contributed by atoms with E-state index in [1.807, 2.05) is 55.5 Å². The minimum atomic E-state index is -0.534. The van der Waals surface area contributed by atoms with Crippen LogP contribution in [0, 0.1) is 6.92 Å². The van der Waals surface area contributed by atoms with Crippen molar-refractivity contribution in [3.05, 3.63) is 75.4 Å². The predicted molar refractivity (Wildman–Crippen MR) is 101 cm³/mol. The van der Waals surface area contributed by atoms with Crippen molar-refractivity contribution in [1.29, 1.82) is 0 Å². The number of hydrogen-bond acceptors (Lipinski definition) is 2. The second kappa shape index (κ2) is 7.11. The summed E-state index contributed by atoms with van der Waals surface area (Å²) >= 11 is 3.50. The molecule has 6 heteroatoms. The van der Waals surface area contributed by atoms with Crippen LogP contribution in [-0.4, -0.2) is 11.9 Å². The van der Waals surface area contributed by atoms with Gasteiger partial charge >= 0.3 is 6.03 Å². The van der Waals surface area contributed by atoms with Gasteiger partial charge in [0.1, 0.15) is 0 Å². The molecule has 0 saturated carbocycles. The zero-order valence-corrected chi connectivity index (χ0v) is 15.5. The van der Waals surface area contributed by atoms with Gasteiger partial charge in [0, 0.05) is 15.9 Å². The first-order valence-corrected chi connectivity index (χ1v) is 8.66. The molecule has 0 bridgehead atoms. The average molecular weight is 400 g/mol. The summed E-state index contributed by atoms with van der Waals surface area (Å²) in [4.78, 5) is 24.9. The molecule has 0 fully saturated rings. The average Bonchev–Trinajstić information content (AvgIpc) is 2.56. The van der Waals surface area contributed by atoms with Crippen molar-refractivity contribution in [2.24, 2.45) is 0 Å². The fraction of sp³-hybridized carbons (Fsp3) is 0.158. The quantitative estimate of drug-likeness (QED) is 0.728. The first-order valence-electron chi connectivity index (χ1n) is 7.87. The van der Waals surface area contributed by atoms with Crippen LogP contribution in [0.1, 0.15) is 24.1 Å². The summed E-state index contributed by atoms with van der Waals surface area (Å²) in [5, 5.41) is 8.46. The first kappa shape index (κ1) is 17.2. The van der Waals surface area contributed by atoms with Crippen molar-refractivity contribution in [3.63, 3.8) is 0 Å². The highest BCUT2D eigenvalue weighted by Gasteiger charge is 2.32. The molecule has 3 N–H and O–H groups in total. The molecule has 2 aromatic rings. The summed E-state index contributed by atoms with van der Waals surface area (Å²) in [5.41, 5.74) is 3.56. The topological polar surface area (TPSA) is 70.2 Å². The first-order chi connectivity index (χ1) is 12.0. The molecule has 0 spiro atoms. The number of allylic oxidation sites excluding steroid dienone is 1. The molecule has 3 amide bonds. The predicted octanol–water partition coefficient (Wildman–Crippen LogP) is 4.02. The number of halogens is 1. The fourth-order valence-electron chi connectivity index (χ4n) is 2.84. The standard InChI is InChI=1S/C19H18BrN3O2/c1-11-7-3-6-10-15(11)22-18(24)16-12(2)21-19(25)23-17(16)13-8-4-5-9-14(13)20/h3-10,17H,1-2H3,(H,22,24)(H2,21,23,25)/t17-/m0/s1. The number of aryl methyl sites for hydroxylation is 1. The van der Waals surface area contributed by atoms with Crippen molar-refractivity contribution in [1.82, 2.24) is 10.6 Å². The van der Waals surface area contributed by atoms with Crippen LogP contribution in [0.2, 0.25) is 0 Å². The van der Waals surface area contributed by atoms with Crippen LogP contribution in [0.25, 0.3) is 0 Å². The number of amides is 3. The Morgan fingerprint density at radius 3 is 2.48 bits per heavy atom. The molecule has 1 aliphatic rings. The summed E-state index contributed by atoms with van der Waals surface area (Å²) in [6, 6.07) is 14.2. The van der Waals surface area contributed by atoms with E-state index >= 15 is 0 Å². The molecule has 5 nitrogen and oxygen atoms in total. The van der Waals surface area contributed by atoms with E-state index in [0.717, 1.165) is 21.3 Å². The van der Waals surface area contributed by atoms with Crippen LogP contribution < -0.4 is 16.0 Å². The highest BCUT2D eigenvalue weighted by atomic mass is 79.9. The van der Waals surface area contributed by atoms with Crippen molar-refractivity contribution in [2.75, 3.05) is 5.32 Å². The van der Waals surface area contributed by atoms with E-state index in [-0.39, 0.29) is 11.9 Å². The number of benzene rings is 2. The van der Waals surface area contributed by atoms with Crippen molar-refractivity contribution < 1.29 is 9.59 Å². The molecule has 3 rings (SSSR count). The summed E-state index contributed by atoms with van der Waals surface area (Å²) in [5.74, 6) is -0.250. The largest absolute Gasteiger partial charge is 0.327 e. The minimum Gasteiger partial charge on any atom is -0.327 e. The smallest absolute Gasteiger partial charge is 0.319 e. The van der Waals surface area contributed by atoms with Gasteiger partial charge in [-0.15, -0.1) is 0 Å². The van der Waals surface area contributed by atoms with Gasteiger partial charge in [-0.1, -0.05) is 52.3 Å². The maximum atomic E-state index is 13.0. The minimum absolute atomic E-state index is 0.250. The third-order valence-electron chi connectivity index (χ3n) is 4.12. The SMILES string of the molecule is CC1=C(C(=O)Nc2ccccc2C)[C@H](c2ccccc2Br)NC(=O)N1. The highest BCUT2D eigenvalue weighted by molar-refractivity contribution is 9.10. The lowest BCUT2D eigenvalue weighted by Gasteiger charge is -2.29. The molecule has 1 aliphatic heterocycles. The van der Waals surface area contributed by atoms with Gasteiger partial charge in [0.15, 0.2) is 0 Å². The van der Waals surface area contributed by atoms with Crippen LogP contribution in [-0.2, 0) is 4.79 Å². The molecule has 2 aromatic carbocycles. The van der Waals surface area contributed by atoms with Crippen molar-refractivity contribution in [3.8, 4) is 0 Å². The molecule has 1 atom stereocenters. The Morgan fingerprint density at radius 1 is 1.08 bits per heavy atom. The highest BCUT2D eigenvalue weighted by Crippen LogP contribution is 2.32. The Labute approximate surface area is 154 Å². The number of carbonyl (C=O) groups excluding carboxylic acids is 2. The lowest BCUT2D eigenvalue weighted by molar-refractivity contribution is -0.113. The third-order valence-corrected chi connectivity index (χ3v) is 4.85. The van der Waals surface area contributed by atoms with Crippen LogP contribution in [0.3, 0.4) is 0 Å².